The van der Waals surface area contributed by atoms with E-state index in [0.29, 0.717) is 5.56 Å². The molecular weight excluding hydrogens is 361 g/mol. The van der Waals surface area contributed by atoms with Gasteiger partial charge in [0.1, 0.15) is 18.9 Å². The molecule has 0 amide bonds. The van der Waals surface area contributed by atoms with Crippen LogP contribution >= 0.6 is 0 Å². The summed E-state index contributed by atoms with van der Waals surface area (Å²) < 4.78 is 27.2. The van der Waals surface area contributed by atoms with Crippen molar-refractivity contribution in [2.75, 3.05) is 0 Å². The van der Waals surface area contributed by atoms with Crippen molar-refractivity contribution in [1.82, 2.24) is 0 Å². The van der Waals surface area contributed by atoms with Gasteiger partial charge in [-0.1, -0.05) is 48.1 Å². The third-order valence-corrected chi connectivity index (χ3v) is 4.74. The molecule has 0 N–H and O–H groups in total. The maximum absolute atomic E-state index is 13.6. The Morgan fingerprint density at radius 1 is 0.655 bits per heavy atom. The average molecular weight is 381 g/mol. The van der Waals surface area contributed by atoms with Crippen LogP contribution in [0.3, 0.4) is 0 Å². The Labute approximate surface area is 172 Å². The van der Waals surface area contributed by atoms with Crippen LogP contribution in [0.15, 0.2) is 48.5 Å². The van der Waals surface area contributed by atoms with Crippen molar-refractivity contribution in [3.05, 3.63) is 99.1 Å². The second-order valence-corrected chi connectivity index (χ2v) is 6.96. The standard InChI is InChI=1S/C26H20BF2/c1-17-13-23(27-4)14-18(2)24(17)12-11-21-7-5-20(6-8-21)9-10-22-15-25(28)19(3)26(29)16-22/h5-8,13-16H,1-4H3. The van der Waals surface area contributed by atoms with Crippen LogP contribution in [0.1, 0.15) is 38.9 Å². The van der Waals surface area contributed by atoms with E-state index in [1.165, 1.54) is 24.5 Å². The van der Waals surface area contributed by atoms with Crippen LogP contribution in [-0.2, 0) is 0 Å². The lowest BCUT2D eigenvalue weighted by Gasteiger charge is -2.06. The first-order valence-electron chi connectivity index (χ1n) is 9.37. The van der Waals surface area contributed by atoms with Gasteiger partial charge in [-0.2, -0.15) is 0 Å². The van der Waals surface area contributed by atoms with E-state index in [1.807, 2.05) is 31.1 Å². The minimum Gasteiger partial charge on any atom is -0.207 e. The van der Waals surface area contributed by atoms with Gasteiger partial charge in [-0.25, -0.2) is 8.78 Å². The summed E-state index contributed by atoms with van der Waals surface area (Å²) in [5.74, 6) is 11.0. The van der Waals surface area contributed by atoms with Gasteiger partial charge in [0.25, 0.3) is 0 Å². The summed E-state index contributed by atoms with van der Waals surface area (Å²) in [6, 6.07) is 14.3. The van der Waals surface area contributed by atoms with Gasteiger partial charge < -0.3 is 0 Å². The molecule has 0 spiro atoms. The third kappa shape index (κ3) is 4.95. The SMILES string of the molecule is C[B]c1cc(C)c(C#Cc2ccc(C#Cc3cc(F)c(C)c(F)c3)cc2)c(C)c1. The van der Waals surface area contributed by atoms with Gasteiger partial charge in [-0.05, 0) is 68.3 Å². The monoisotopic (exact) mass is 381 g/mol. The first-order chi connectivity index (χ1) is 13.9. The molecule has 3 aromatic carbocycles. The summed E-state index contributed by atoms with van der Waals surface area (Å²) in [6.45, 7) is 7.57. The Bertz CT molecular complexity index is 1140. The van der Waals surface area contributed by atoms with Crippen molar-refractivity contribution in [3.63, 3.8) is 0 Å². The Kier molecular flexibility index (Phi) is 6.21. The minimum absolute atomic E-state index is 0.00594. The van der Waals surface area contributed by atoms with Gasteiger partial charge in [0.2, 0.25) is 0 Å². The zero-order valence-corrected chi connectivity index (χ0v) is 17.0. The topological polar surface area (TPSA) is 0 Å². The molecule has 3 rings (SSSR count). The lowest BCUT2D eigenvalue weighted by molar-refractivity contribution is 0.567. The minimum atomic E-state index is -0.588. The molecule has 3 heteroatoms. The normalized spacial score (nSPS) is 9.86. The summed E-state index contributed by atoms with van der Waals surface area (Å²) in [5.41, 5.74) is 6.51. The van der Waals surface area contributed by atoms with Gasteiger partial charge in [0.05, 0.1) is 0 Å². The maximum Gasteiger partial charge on any atom is 0.148 e. The molecule has 141 valence electrons. The zero-order valence-electron chi connectivity index (χ0n) is 17.0. The first-order valence-corrected chi connectivity index (χ1v) is 9.37. The quantitative estimate of drug-likeness (QED) is 0.408. The van der Waals surface area contributed by atoms with Gasteiger partial charge in [0.15, 0.2) is 0 Å². The Morgan fingerprint density at radius 2 is 1.10 bits per heavy atom. The van der Waals surface area contributed by atoms with Crippen LogP contribution in [-0.4, -0.2) is 7.28 Å². The predicted molar refractivity (Wildman–Crippen MR) is 117 cm³/mol. The average Bonchev–Trinajstić information content (AvgIpc) is 2.70. The Hall–Kier alpha value is -3.30. The van der Waals surface area contributed by atoms with Gasteiger partial charge in [-0.3, -0.25) is 0 Å². The molecule has 0 unspecified atom stereocenters. The molecule has 0 heterocycles. The van der Waals surface area contributed by atoms with Crippen LogP contribution in [0.5, 0.6) is 0 Å². The van der Waals surface area contributed by atoms with Crippen LogP contribution in [0.2, 0.25) is 6.82 Å². The molecular formula is C26H20BF2. The van der Waals surface area contributed by atoms with E-state index in [4.69, 9.17) is 0 Å². The molecule has 0 saturated carbocycles. The molecule has 0 fully saturated rings. The zero-order chi connectivity index (χ0) is 21.0. The number of rotatable bonds is 1. The van der Waals surface area contributed by atoms with E-state index in [-0.39, 0.29) is 5.56 Å². The number of hydrogen-bond donors (Lipinski definition) is 0. The highest BCUT2D eigenvalue weighted by Gasteiger charge is 2.05. The number of aryl methyl sites for hydroxylation is 2. The summed E-state index contributed by atoms with van der Waals surface area (Å²) in [7, 11) is 2.08. The van der Waals surface area contributed by atoms with Crippen molar-refractivity contribution in [1.29, 1.82) is 0 Å². The predicted octanol–water partition coefficient (Wildman–Crippen LogP) is 5.07. The fourth-order valence-electron chi connectivity index (χ4n) is 2.99. The van der Waals surface area contributed by atoms with Crippen LogP contribution in [0.25, 0.3) is 0 Å². The van der Waals surface area contributed by atoms with Gasteiger partial charge in [0, 0.05) is 27.8 Å². The molecule has 0 nitrogen and oxygen atoms in total. The summed E-state index contributed by atoms with van der Waals surface area (Å²) >= 11 is 0. The highest BCUT2D eigenvalue weighted by atomic mass is 19.1. The molecule has 0 saturated heterocycles. The van der Waals surface area contributed by atoms with Gasteiger partial charge in [-0.15, -0.1) is 0 Å². The smallest absolute Gasteiger partial charge is 0.148 e. The third-order valence-electron chi connectivity index (χ3n) is 4.74. The molecule has 0 aliphatic rings. The second kappa shape index (κ2) is 8.81. The molecule has 0 aliphatic heterocycles. The lowest BCUT2D eigenvalue weighted by atomic mass is 9.72. The van der Waals surface area contributed by atoms with E-state index in [0.717, 1.165) is 27.8 Å². The number of benzene rings is 3. The molecule has 29 heavy (non-hydrogen) atoms. The fraction of sp³-hybridized carbons (Fsp3) is 0.154. The van der Waals surface area contributed by atoms with Crippen molar-refractivity contribution < 1.29 is 8.78 Å². The van der Waals surface area contributed by atoms with E-state index >= 15 is 0 Å². The number of halogens is 2. The molecule has 0 atom stereocenters. The van der Waals surface area contributed by atoms with Crippen molar-refractivity contribution in [2.45, 2.75) is 27.6 Å². The molecule has 0 aliphatic carbocycles. The molecule has 1 radical (unpaired) electrons. The highest BCUT2D eigenvalue weighted by molar-refractivity contribution is 6.52. The number of hydrogen-bond acceptors (Lipinski definition) is 0. The van der Waals surface area contributed by atoms with Gasteiger partial charge >= 0.3 is 0 Å². The van der Waals surface area contributed by atoms with Crippen molar-refractivity contribution in [2.24, 2.45) is 0 Å². The fourth-order valence-corrected chi connectivity index (χ4v) is 2.99. The van der Waals surface area contributed by atoms with Crippen LogP contribution in [0.4, 0.5) is 8.78 Å². The van der Waals surface area contributed by atoms with E-state index in [1.54, 1.807) is 0 Å². The summed E-state index contributed by atoms with van der Waals surface area (Å²) in [4.78, 5) is 0. The van der Waals surface area contributed by atoms with Crippen molar-refractivity contribution in [3.8, 4) is 23.7 Å². The summed E-state index contributed by atoms with van der Waals surface area (Å²) in [5, 5.41) is 0. The highest BCUT2D eigenvalue weighted by Crippen LogP contribution is 2.14. The van der Waals surface area contributed by atoms with Crippen LogP contribution in [0, 0.1) is 56.1 Å². The lowest BCUT2D eigenvalue weighted by Crippen LogP contribution is -2.12. The maximum atomic E-state index is 13.6. The van der Waals surface area contributed by atoms with Crippen molar-refractivity contribution >= 4 is 12.7 Å². The van der Waals surface area contributed by atoms with Crippen LogP contribution < -0.4 is 5.46 Å². The van der Waals surface area contributed by atoms with E-state index in [9.17, 15) is 8.78 Å². The Balaban J connectivity index is 1.80. The molecule has 3 aromatic rings. The largest absolute Gasteiger partial charge is 0.207 e. The molecule has 0 bridgehead atoms. The van der Waals surface area contributed by atoms with E-state index < -0.39 is 11.6 Å². The second-order valence-electron chi connectivity index (χ2n) is 6.96. The molecule has 0 aromatic heterocycles. The summed E-state index contributed by atoms with van der Waals surface area (Å²) in [6.07, 6.45) is 0. The van der Waals surface area contributed by atoms with E-state index in [2.05, 4.69) is 56.9 Å². The Morgan fingerprint density at radius 3 is 1.59 bits per heavy atom. The first kappa shape index (κ1) is 20.4.